The number of hydrogen-bond acceptors (Lipinski definition) is 6. The Bertz CT molecular complexity index is 812. The van der Waals surface area contributed by atoms with Gasteiger partial charge in [-0.15, -0.1) is 0 Å². The van der Waals surface area contributed by atoms with Gasteiger partial charge >= 0.3 is 11.9 Å². The highest BCUT2D eigenvalue weighted by Gasteiger charge is 2.34. The van der Waals surface area contributed by atoms with Crippen LogP contribution >= 0.6 is 0 Å². The quantitative estimate of drug-likeness (QED) is 0.633. The van der Waals surface area contributed by atoms with Crippen LogP contribution in [0.25, 0.3) is 0 Å². The second kappa shape index (κ2) is 9.69. The fraction of sp³-hybridized carbons (Fsp3) is 0.600. The number of carboxylic acid groups (broad SMARTS) is 1. The topological polar surface area (TPSA) is 110 Å². The van der Waals surface area contributed by atoms with E-state index in [0.717, 1.165) is 18.4 Å². The Morgan fingerprint density at radius 3 is 2.38 bits per heavy atom. The molecule has 1 saturated heterocycles. The molecule has 1 fully saturated rings. The average Bonchev–Trinajstić information content (AvgIpc) is 2.65. The van der Waals surface area contributed by atoms with Crippen LogP contribution in [0.3, 0.4) is 0 Å². The number of carbonyl (C=O) groups is 2. The van der Waals surface area contributed by atoms with E-state index in [2.05, 4.69) is 20.8 Å². The van der Waals surface area contributed by atoms with E-state index >= 15 is 0 Å². The van der Waals surface area contributed by atoms with Gasteiger partial charge in [-0.1, -0.05) is 39.3 Å². The van der Waals surface area contributed by atoms with Crippen LogP contribution in [0.15, 0.2) is 29.2 Å². The molecule has 1 aliphatic heterocycles. The first-order valence-electron chi connectivity index (χ1n) is 9.59. The molecule has 29 heavy (non-hydrogen) atoms. The number of carbonyl (C=O) groups excluding carboxylic acids is 1. The van der Waals surface area contributed by atoms with Crippen LogP contribution in [0.2, 0.25) is 0 Å². The van der Waals surface area contributed by atoms with Crippen molar-refractivity contribution in [2.24, 2.45) is 0 Å². The summed E-state index contributed by atoms with van der Waals surface area (Å²) in [6.45, 7) is 5.38. The first-order chi connectivity index (χ1) is 13.5. The Kier molecular flexibility index (Phi) is 7.79. The fourth-order valence-corrected chi connectivity index (χ4v) is 4.85. The second-order valence-electron chi connectivity index (χ2n) is 8.11. The molecular formula is C20H29NO7S. The maximum atomic E-state index is 13.1. The van der Waals surface area contributed by atoms with Crippen molar-refractivity contribution in [1.29, 1.82) is 0 Å². The van der Waals surface area contributed by atoms with Gasteiger partial charge in [0.2, 0.25) is 10.0 Å². The summed E-state index contributed by atoms with van der Waals surface area (Å²) >= 11 is 0. The molecule has 0 saturated carbocycles. The average molecular weight is 428 g/mol. The molecule has 1 aromatic rings. The molecule has 0 radical (unpaired) electrons. The van der Waals surface area contributed by atoms with Gasteiger partial charge in [0.05, 0.1) is 10.9 Å². The van der Waals surface area contributed by atoms with Crippen LogP contribution in [-0.4, -0.2) is 62.2 Å². The molecule has 0 aromatic heterocycles. The van der Waals surface area contributed by atoms with Gasteiger partial charge in [0.25, 0.3) is 0 Å². The summed E-state index contributed by atoms with van der Waals surface area (Å²) in [6.07, 6.45) is 2.17. The lowest BCUT2D eigenvalue weighted by atomic mass is 9.87. The molecule has 0 aliphatic carbocycles. The van der Waals surface area contributed by atoms with Gasteiger partial charge in [-0.05, 0) is 36.0 Å². The third-order valence-corrected chi connectivity index (χ3v) is 6.75. The zero-order valence-electron chi connectivity index (χ0n) is 17.1. The highest BCUT2D eigenvalue weighted by atomic mass is 32.2. The summed E-state index contributed by atoms with van der Waals surface area (Å²) in [4.78, 5) is 22.3. The molecule has 8 nitrogen and oxygen atoms in total. The normalized spacial score (nSPS) is 18.4. The fourth-order valence-electron chi connectivity index (χ4n) is 3.17. The minimum atomic E-state index is -3.72. The van der Waals surface area contributed by atoms with Crippen molar-refractivity contribution in [2.75, 3.05) is 26.4 Å². The van der Waals surface area contributed by atoms with Crippen molar-refractivity contribution < 1.29 is 32.6 Å². The SMILES string of the molecule is CC(C)(C)c1ccc(S(=O)(=O)N2CCCC[C@H]2COC(=O)COCC(=O)O)cc1. The van der Waals surface area contributed by atoms with Gasteiger partial charge in [-0.2, -0.15) is 4.31 Å². The zero-order chi connectivity index (χ0) is 21.7. The maximum absolute atomic E-state index is 13.1. The number of piperidine rings is 1. The smallest absolute Gasteiger partial charge is 0.332 e. The molecule has 162 valence electrons. The Morgan fingerprint density at radius 1 is 1.14 bits per heavy atom. The van der Waals surface area contributed by atoms with Gasteiger partial charge in [0.15, 0.2) is 0 Å². The third-order valence-electron chi connectivity index (χ3n) is 4.78. The minimum absolute atomic E-state index is 0.0765. The van der Waals surface area contributed by atoms with Crippen LogP contribution in [0.5, 0.6) is 0 Å². The van der Waals surface area contributed by atoms with E-state index in [1.165, 1.54) is 4.31 Å². The van der Waals surface area contributed by atoms with Crippen molar-refractivity contribution in [3.8, 4) is 0 Å². The van der Waals surface area contributed by atoms with E-state index in [1.807, 2.05) is 12.1 Å². The Labute approximate surface area is 171 Å². The monoisotopic (exact) mass is 427 g/mol. The molecule has 0 unspecified atom stereocenters. The molecular weight excluding hydrogens is 398 g/mol. The van der Waals surface area contributed by atoms with Gasteiger partial charge < -0.3 is 14.6 Å². The zero-order valence-corrected chi connectivity index (χ0v) is 17.9. The predicted octanol–water partition coefficient (Wildman–Crippen LogP) is 2.17. The standard InChI is InChI=1S/C20H29NO7S/c1-20(2,3)15-7-9-17(10-8-15)29(25,26)21-11-5-4-6-16(21)12-28-19(24)14-27-13-18(22)23/h7-10,16H,4-6,11-14H2,1-3H3,(H,22,23)/t16-/m0/s1. The highest BCUT2D eigenvalue weighted by molar-refractivity contribution is 7.89. The second-order valence-corrected chi connectivity index (χ2v) is 10.00. The summed E-state index contributed by atoms with van der Waals surface area (Å²) in [7, 11) is -3.72. The number of sulfonamides is 1. The van der Waals surface area contributed by atoms with Crippen LogP contribution in [0, 0.1) is 0 Å². The molecule has 2 rings (SSSR count). The number of aliphatic carboxylic acids is 1. The Balaban J connectivity index is 2.05. The Hall–Kier alpha value is -1.97. The number of ether oxygens (including phenoxy) is 2. The lowest BCUT2D eigenvalue weighted by molar-refractivity contribution is -0.153. The van der Waals surface area contributed by atoms with Gasteiger partial charge in [0.1, 0.15) is 19.8 Å². The van der Waals surface area contributed by atoms with Gasteiger partial charge in [-0.25, -0.2) is 18.0 Å². The van der Waals surface area contributed by atoms with E-state index in [9.17, 15) is 18.0 Å². The molecule has 1 heterocycles. The van der Waals surface area contributed by atoms with Gasteiger partial charge in [0, 0.05) is 6.54 Å². The summed E-state index contributed by atoms with van der Waals surface area (Å²) in [5.41, 5.74) is 0.967. The maximum Gasteiger partial charge on any atom is 0.332 e. The number of benzene rings is 1. The number of esters is 1. The van der Waals surface area contributed by atoms with Crippen molar-refractivity contribution >= 4 is 22.0 Å². The van der Waals surface area contributed by atoms with Gasteiger partial charge in [-0.3, -0.25) is 0 Å². The van der Waals surface area contributed by atoms with Crippen molar-refractivity contribution in [3.05, 3.63) is 29.8 Å². The molecule has 0 spiro atoms. The lowest BCUT2D eigenvalue weighted by Crippen LogP contribution is -2.46. The summed E-state index contributed by atoms with van der Waals surface area (Å²) in [5.74, 6) is -1.90. The van der Waals surface area contributed by atoms with Crippen molar-refractivity contribution in [3.63, 3.8) is 0 Å². The molecule has 1 N–H and O–H groups in total. The van der Waals surface area contributed by atoms with Crippen LogP contribution < -0.4 is 0 Å². The van der Waals surface area contributed by atoms with Crippen LogP contribution in [-0.2, 0) is 34.5 Å². The molecule has 0 amide bonds. The minimum Gasteiger partial charge on any atom is -0.480 e. The van der Waals surface area contributed by atoms with Crippen molar-refractivity contribution in [1.82, 2.24) is 4.31 Å². The molecule has 1 atom stereocenters. The van der Waals surface area contributed by atoms with E-state index < -0.39 is 41.2 Å². The number of rotatable bonds is 8. The van der Waals surface area contributed by atoms with E-state index in [1.54, 1.807) is 12.1 Å². The Morgan fingerprint density at radius 2 is 1.79 bits per heavy atom. The van der Waals surface area contributed by atoms with Crippen LogP contribution in [0.4, 0.5) is 0 Å². The number of carboxylic acids is 1. The predicted molar refractivity (Wildman–Crippen MR) is 106 cm³/mol. The largest absolute Gasteiger partial charge is 0.480 e. The number of nitrogens with zero attached hydrogens (tertiary/aromatic N) is 1. The molecule has 1 aromatic carbocycles. The summed E-state index contributed by atoms with van der Waals surface area (Å²) in [6, 6.07) is 6.43. The number of hydrogen-bond donors (Lipinski definition) is 1. The molecule has 9 heteroatoms. The van der Waals surface area contributed by atoms with Crippen molar-refractivity contribution in [2.45, 2.75) is 56.4 Å². The van der Waals surface area contributed by atoms with Crippen LogP contribution in [0.1, 0.15) is 45.6 Å². The summed E-state index contributed by atoms with van der Waals surface area (Å²) in [5, 5.41) is 8.50. The first kappa shape index (κ1) is 23.3. The highest BCUT2D eigenvalue weighted by Crippen LogP contribution is 2.28. The van der Waals surface area contributed by atoms with E-state index in [4.69, 9.17) is 14.6 Å². The lowest BCUT2D eigenvalue weighted by Gasteiger charge is -2.34. The third kappa shape index (κ3) is 6.52. The molecule has 0 bridgehead atoms. The van der Waals surface area contributed by atoms with E-state index in [0.29, 0.717) is 13.0 Å². The van der Waals surface area contributed by atoms with E-state index in [-0.39, 0.29) is 16.9 Å². The first-order valence-corrected chi connectivity index (χ1v) is 11.0. The molecule has 1 aliphatic rings. The summed E-state index contributed by atoms with van der Waals surface area (Å²) < 4.78 is 37.5.